The second-order valence-electron chi connectivity index (χ2n) is 3.45. The van der Waals surface area contributed by atoms with E-state index in [2.05, 4.69) is 0 Å². The van der Waals surface area contributed by atoms with Gasteiger partial charge in [0, 0.05) is 12.8 Å². The third-order valence-electron chi connectivity index (χ3n) is 2.28. The van der Waals surface area contributed by atoms with E-state index in [-0.39, 0.29) is 18.2 Å². The van der Waals surface area contributed by atoms with E-state index in [4.69, 9.17) is 4.74 Å². The SMILES string of the molecule is CCC(=O)OC(C(=O)CC)c1ccccc1. The number of esters is 1. The summed E-state index contributed by atoms with van der Waals surface area (Å²) in [5.41, 5.74) is 0.733. The van der Waals surface area contributed by atoms with E-state index in [1.54, 1.807) is 26.0 Å². The van der Waals surface area contributed by atoms with E-state index >= 15 is 0 Å². The van der Waals surface area contributed by atoms with Gasteiger partial charge in [0.05, 0.1) is 0 Å². The molecule has 0 aliphatic heterocycles. The second-order valence-corrected chi connectivity index (χ2v) is 3.45. The molecule has 1 rings (SSSR count). The number of rotatable bonds is 5. The minimum absolute atomic E-state index is 0.0759. The summed E-state index contributed by atoms with van der Waals surface area (Å²) >= 11 is 0. The van der Waals surface area contributed by atoms with Crippen molar-refractivity contribution in [2.45, 2.75) is 32.8 Å². The molecule has 0 saturated heterocycles. The van der Waals surface area contributed by atoms with Crippen molar-refractivity contribution in [3.8, 4) is 0 Å². The van der Waals surface area contributed by atoms with Gasteiger partial charge in [-0.1, -0.05) is 44.2 Å². The molecule has 1 unspecified atom stereocenters. The second kappa shape index (κ2) is 6.05. The highest BCUT2D eigenvalue weighted by molar-refractivity contribution is 5.86. The van der Waals surface area contributed by atoms with Gasteiger partial charge in [-0.2, -0.15) is 0 Å². The van der Waals surface area contributed by atoms with Crippen LogP contribution in [-0.2, 0) is 14.3 Å². The zero-order valence-corrected chi connectivity index (χ0v) is 9.60. The van der Waals surface area contributed by atoms with Gasteiger partial charge in [-0.05, 0) is 5.56 Å². The van der Waals surface area contributed by atoms with Crippen LogP contribution in [0.5, 0.6) is 0 Å². The van der Waals surface area contributed by atoms with E-state index < -0.39 is 6.10 Å². The van der Waals surface area contributed by atoms with Gasteiger partial charge in [0.1, 0.15) is 0 Å². The molecule has 1 atom stereocenters. The zero-order valence-electron chi connectivity index (χ0n) is 9.60. The Morgan fingerprint density at radius 2 is 1.75 bits per heavy atom. The lowest BCUT2D eigenvalue weighted by molar-refractivity contribution is -0.155. The molecule has 3 heteroatoms. The highest BCUT2D eigenvalue weighted by atomic mass is 16.5. The molecule has 0 N–H and O–H groups in total. The lowest BCUT2D eigenvalue weighted by Crippen LogP contribution is -2.18. The van der Waals surface area contributed by atoms with E-state index in [0.717, 1.165) is 5.56 Å². The topological polar surface area (TPSA) is 43.4 Å². The number of ketones is 1. The molecule has 16 heavy (non-hydrogen) atoms. The summed E-state index contributed by atoms with van der Waals surface area (Å²) in [5, 5.41) is 0. The Morgan fingerprint density at radius 1 is 1.12 bits per heavy atom. The third kappa shape index (κ3) is 3.19. The normalized spacial score (nSPS) is 11.9. The zero-order chi connectivity index (χ0) is 12.0. The van der Waals surface area contributed by atoms with Gasteiger partial charge in [0.2, 0.25) is 0 Å². The van der Waals surface area contributed by atoms with E-state index in [9.17, 15) is 9.59 Å². The highest BCUT2D eigenvalue weighted by Crippen LogP contribution is 2.20. The van der Waals surface area contributed by atoms with Crippen molar-refractivity contribution in [2.24, 2.45) is 0 Å². The van der Waals surface area contributed by atoms with Crippen molar-refractivity contribution in [1.29, 1.82) is 0 Å². The van der Waals surface area contributed by atoms with Crippen LogP contribution < -0.4 is 0 Å². The van der Waals surface area contributed by atoms with Crippen LogP contribution in [0.3, 0.4) is 0 Å². The van der Waals surface area contributed by atoms with Gasteiger partial charge in [-0.25, -0.2) is 0 Å². The van der Waals surface area contributed by atoms with E-state index in [1.807, 2.05) is 18.2 Å². The Kier molecular flexibility index (Phi) is 4.70. The molecule has 0 fully saturated rings. The minimum Gasteiger partial charge on any atom is -0.449 e. The van der Waals surface area contributed by atoms with Crippen molar-refractivity contribution in [1.82, 2.24) is 0 Å². The van der Waals surface area contributed by atoms with Crippen LogP contribution in [0.2, 0.25) is 0 Å². The summed E-state index contributed by atoms with van der Waals surface area (Å²) < 4.78 is 5.15. The fraction of sp³-hybridized carbons (Fsp3) is 0.385. The summed E-state index contributed by atoms with van der Waals surface area (Å²) in [5.74, 6) is -0.427. The average molecular weight is 220 g/mol. The molecule has 0 radical (unpaired) electrons. The van der Waals surface area contributed by atoms with Crippen molar-refractivity contribution >= 4 is 11.8 Å². The lowest BCUT2D eigenvalue weighted by Gasteiger charge is -2.15. The Bertz CT molecular complexity index is 357. The number of carbonyl (C=O) groups excluding carboxylic acids is 2. The highest BCUT2D eigenvalue weighted by Gasteiger charge is 2.22. The number of ether oxygens (including phenoxy) is 1. The lowest BCUT2D eigenvalue weighted by atomic mass is 10.0. The average Bonchev–Trinajstić information content (AvgIpc) is 2.35. The van der Waals surface area contributed by atoms with Gasteiger partial charge < -0.3 is 4.74 Å². The molecule has 0 bridgehead atoms. The molecular formula is C13H16O3. The van der Waals surface area contributed by atoms with Gasteiger partial charge in [-0.3, -0.25) is 9.59 Å². The van der Waals surface area contributed by atoms with Crippen molar-refractivity contribution in [2.75, 3.05) is 0 Å². The van der Waals surface area contributed by atoms with Crippen LogP contribution in [0.4, 0.5) is 0 Å². The van der Waals surface area contributed by atoms with Gasteiger partial charge in [0.25, 0.3) is 0 Å². The standard InChI is InChI=1S/C13H16O3/c1-3-11(14)13(16-12(15)4-2)10-8-6-5-7-9-10/h5-9,13H,3-4H2,1-2H3. The molecule has 0 spiro atoms. The number of carbonyl (C=O) groups is 2. The Morgan fingerprint density at radius 3 is 2.25 bits per heavy atom. The van der Waals surface area contributed by atoms with Crippen molar-refractivity contribution in [3.05, 3.63) is 35.9 Å². The third-order valence-corrected chi connectivity index (χ3v) is 2.28. The summed E-state index contributed by atoms with van der Waals surface area (Å²) in [6.45, 7) is 3.47. The van der Waals surface area contributed by atoms with Crippen LogP contribution in [0.1, 0.15) is 38.4 Å². The van der Waals surface area contributed by atoms with Gasteiger partial charge in [0.15, 0.2) is 11.9 Å². The number of hydrogen-bond donors (Lipinski definition) is 0. The van der Waals surface area contributed by atoms with E-state index in [0.29, 0.717) is 6.42 Å². The molecule has 0 heterocycles. The molecule has 1 aromatic carbocycles. The molecule has 0 aliphatic carbocycles. The number of Topliss-reactive ketones (excluding diaryl/α,β-unsaturated/α-hetero) is 1. The summed E-state index contributed by atoms with van der Waals surface area (Å²) in [6, 6.07) is 9.09. The molecule has 0 aromatic heterocycles. The maximum absolute atomic E-state index is 11.7. The first-order valence-corrected chi connectivity index (χ1v) is 5.46. The van der Waals surface area contributed by atoms with Gasteiger partial charge in [-0.15, -0.1) is 0 Å². The summed E-state index contributed by atoms with van der Waals surface area (Å²) in [6.07, 6.45) is -0.115. The molecule has 0 amide bonds. The predicted octanol–water partition coefficient (Wildman–Crippen LogP) is 2.66. The summed E-state index contributed by atoms with van der Waals surface area (Å²) in [4.78, 5) is 22.9. The van der Waals surface area contributed by atoms with Crippen LogP contribution >= 0.6 is 0 Å². The van der Waals surface area contributed by atoms with Crippen LogP contribution in [-0.4, -0.2) is 11.8 Å². The number of benzene rings is 1. The van der Waals surface area contributed by atoms with Crippen molar-refractivity contribution < 1.29 is 14.3 Å². The smallest absolute Gasteiger partial charge is 0.306 e. The first-order chi connectivity index (χ1) is 7.69. The van der Waals surface area contributed by atoms with Crippen LogP contribution in [0, 0.1) is 0 Å². The Labute approximate surface area is 95.4 Å². The molecule has 3 nitrogen and oxygen atoms in total. The Balaban J connectivity index is 2.88. The monoisotopic (exact) mass is 220 g/mol. The first-order valence-electron chi connectivity index (χ1n) is 5.46. The predicted molar refractivity (Wildman–Crippen MR) is 60.9 cm³/mol. The van der Waals surface area contributed by atoms with E-state index in [1.165, 1.54) is 0 Å². The van der Waals surface area contributed by atoms with Crippen LogP contribution in [0.15, 0.2) is 30.3 Å². The molecular weight excluding hydrogens is 204 g/mol. The van der Waals surface area contributed by atoms with Crippen molar-refractivity contribution in [3.63, 3.8) is 0 Å². The first kappa shape index (κ1) is 12.4. The molecule has 0 aliphatic rings. The van der Waals surface area contributed by atoms with Crippen LogP contribution in [0.25, 0.3) is 0 Å². The fourth-order valence-corrected chi connectivity index (χ4v) is 1.35. The molecule has 0 saturated carbocycles. The van der Waals surface area contributed by atoms with Gasteiger partial charge >= 0.3 is 5.97 Å². The summed E-state index contributed by atoms with van der Waals surface area (Å²) in [7, 11) is 0. The largest absolute Gasteiger partial charge is 0.449 e. The molecule has 1 aromatic rings. The maximum Gasteiger partial charge on any atom is 0.306 e. The maximum atomic E-state index is 11.7. The Hall–Kier alpha value is -1.64. The number of hydrogen-bond acceptors (Lipinski definition) is 3. The molecule has 86 valence electrons. The fourth-order valence-electron chi connectivity index (χ4n) is 1.35. The quantitative estimate of drug-likeness (QED) is 0.716. The minimum atomic E-state index is -0.751.